The number of hydrogen-bond acceptors (Lipinski definition) is 6. The molecule has 0 unspecified atom stereocenters. The van der Waals surface area contributed by atoms with Crippen LogP contribution in [0.5, 0.6) is 0 Å². The molecular formula is C12H14N4OS2. The van der Waals surface area contributed by atoms with Gasteiger partial charge in [0.15, 0.2) is 10.3 Å². The molecule has 2 aromatic rings. The standard InChI is InChI=1S/C12H14N4OS2/c1-3-4-9-8(7-14-11(15-9)18-2)10(17)16-12-13-5-6-19-12/h5-7H,3-4H2,1-2H3,(H,13,16,17). The quantitative estimate of drug-likeness (QED) is 0.678. The molecule has 0 spiro atoms. The minimum Gasteiger partial charge on any atom is -0.298 e. The van der Waals surface area contributed by atoms with Crippen LogP contribution in [0, 0.1) is 0 Å². The van der Waals surface area contributed by atoms with Gasteiger partial charge >= 0.3 is 0 Å². The number of carbonyl (C=O) groups excluding carboxylic acids is 1. The van der Waals surface area contributed by atoms with Crippen molar-refractivity contribution in [3.8, 4) is 0 Å². The van der Waals surface area contributed by atoms with Gasteiger partial charge in [-0.05, 0) is 12.7 Å². The molecule has 5 nitrogen and oxygen atoms in total. The van der Waals surface area contributed by atoms with Gasteiger partial charge in [-0.1, -0.05) is 25.1 Å². The molecule has 0 bridgehead atoms. The van der Waals surface area contributed by atoms with Crippen LogP contribution in [0.2, 0.25) is 0 Å². The predicted octanol–water partition coefficient (Wildman–Crippen LogP) is 2.86. The average Bonchev–Trinajstić information content (AvgIpc) is 2.91. The van der Waals surface area contributed by atoms with Gasteiger partial charge in [0.2, 0.25) is 0 Å². The van der Waals surface area contributed by atoms with E-state index < -0.39 is 0 Å². The highest BCUT2D eigenvalue weighted by molar-refractivity contribution is 7.98. The van der Waals surface area contributed by atoms with Crippen molar-refractivity contribution >= 4 is 34.1 Å². The van der Waals surface area contributed by atoms with E-state index in [0.29, 0.717) is 15.9 Å². The van der Waals surface area contributed by atoms with Crippen molar-refractivity contribution in [2.24, 2.45) is 0 Å². The van der Waals surface area contributed by atoms with Crippen LogP contribution in [-0.4, -0.2) is 27.1 Å². The second-order valence-electron chi connectivity index (χ2n) is 3.76. The van der Waals surface area contributed by atoms with Crippen molar-refractivity contribution in [2.45, 2.75) is 24.9 Å². The van der Waals surface area contributed by atoms with Crippen LogP contribution in [0.15, 0.2) is 22.9 Å². The van der Waals surface area contributed by atoms with E-state index in [0.717, 1.165) is 18.5 Å². The summed E-state index contributed by atoms with van der Waals surface area (Å²) < 4.78 is 0. The van der Waals surface area contributed by atoms with Gasteiger partial charge in [0, 0.05) is 17.8 Å². The van der Waals surface area contributed by atoms with Crippen molar-refractivity contribution in [3.63, 3.8) is 0 Å². The van der Waals surface area contributed by atoms with Gasteiger partial charge in [-0.15, -0.1) is 11.3 Å². The van der Waals surface area contributed by atoms with Gasteiger partial charge in [0.05, 0.1) is 11.3 Å². The predicted molar refractivity (Wildman–Crippen MR) is 77.9 cm³/mol. The molecule has 2 aromatic heterocycles. The van der Waals surface area contributed by atoms with E-state index in [4.69, 9.17) is 0 Å². The van der Waals surface area contributed by atoms with Crippen LogP contribution in [-0.2, 0) is 6.42 Å². The summed E-state index contributed by atoms with van der Waals surface area (Å²) >= 11 is 2.86. The number of thiazole rings is 1. The summed E-state index contributed by atoms with van der Waals surface area (Å²) in [7, 11) is 0. The second-order valence-corrected chi connectivity index (χ2v) is 5.43. The maximum Gasteiger partial charge on any atom is 0.260 e. The Hall–Kier alpha value is -1.47. The first-order valence-electron chi connectivity index (χ1n) is 5.85. The topological polar surface area (TPSA) is 67.8 Å². The van der Waals surface area contributed by atoms with Crippen LogP contribution >= 0.6 is 23.1 Å². The Bertz CT molecular complexity index is 557. The number of aryl methyl sites for hydroxylation is 1. The molecular weight excluding hydrogens is 280 g/mol. The van der Waals surface area contributed by atoms with Gasteiger partial charge in [-0.25, -0.2) is 15.0 Å². The Kier molecular flexibility index (Phi) is 4.86. The molecule has 0 aliphatic carbocycles. The van der Waals surface area contributed by atoms with Gasteiger partial charge in [-0.3, -0.25) is 10.1 Å². The molecule has 7 heteroatoms. The normalized spacial score (nSPS) is 10.4. The number of anilines is 1. The highest BCUT2D eigenvalue weighted by Crippen LogP contribution is 2.17. The average molecular weight is 294 g/mol. The first kappa shape index (κ1) is 14.0. The van der Waals surface area contributed by atoms with E-state index in [9.17, 15) is 4.79 Å². The van der Waals surface area contributed by atoms with Crippen LogP contribution in [0.25, 0.3) is 0 Å². The van der Waals surface area contributed by atoms with Crippen LogP contribution in [0.1, 0.15) is 29.4 Å². The third kappa shape index (κ3) is 3.51. The number of nitrogens with one attached hydrogen (secondary N) is 1. The van der Waals surface area contributed by atoms with Crippen molar-refractivity contribution < 1.29 is 4.79 Å². The lowest BCUT2D eigenvalue weighted by molar-refractivity contribution is 0.102. The Balaban J connectivity index is 2.24. The van der Waals surface area contributed by atoms with E-state index in [1.54, 1.807) is 12.4 Å². The summed E-state index contributed by atoms with van der Waals surface area (Å²) in [6.45, 7) is 2.06. The molecule has 0 aromatic carbocycles. The van der Waals surface area contributed by atoms with Crippen molar-refractivity contribution in [2.75, 3.05) is 11.6 Å². The Morgan fingerprint density at radius 1 is 1.47 bits per heavy atom. The number of amides is 1. The number of hydrogen-bond donors (Lipinski definition) is 1. The molecule has 0 atom stereocenters. The van der Waals surface area contributed by atoms with Crippen molar-refractivity contribution in [1.82, 2.24) is 15.0 Å². The van der Waals surface area contributed by atoms with Gasteiger partial charge in [0.25, 0.3) is 5.91 Å². The SMILES string of the molecule is CCCc1nc(SC)ncc1C(=O)Nc1nccs1. The molecule has 2 heterocycles. The summed E-state index contributed by atoms with van der Waals surface area (Å²) in [5.41, 5.74) is 1.31. The fourth-order valence-electron chi connectivity index (χ4n) is 1.56. The number of carbonyl (C=O) groups is 1. The molecule has 0 radical (unpaired) electrons. The molecule has 0 saturated heterocycles. The first-order valence-corrected chi connectivity index (χ1v) is 7.95. The molecule has 2 rings (SSSR count). The second kappa shape index (κ2) is 6.63. The van der Waals surface area contributed by atoms with E-state index in [-0.39, 0.29) is 5.91 Å². The smallest absolute Gasteiger partial charge is 0.260 e. The van der Waals surface area contributed by atoms with E-state index in [1.165, 1.54) is 23.1 Å². The molecule has 0 fully saturated rings. The van der Waals surface area contributed by atoms with Crippen molar-refractivity contribution in [3.05, 3.63) is 29.0 Å². The molecule has 100 valence electrons. The summed E-state index contributed by atoms with van der Waals surface area (Å²) in [5, 5.41) is 5.85. The van der Waals surface area contributed by atoms with Gasteiger partial charge in [0.1, 0.15) is 0 Å². The molecule has 0 aliphatic heterocycles. The van der Waals surface area contributed by atoms with E-state index in [2.05, 4.69) is 27.2 Å². The zero-order valence-electron chi connectivity index (χ0n) is 10.7. The summed E-state index contributed by atoms with van der Waals surface area (Å²) in [6.07, 6.45) is 6.85. The number of thioether (sulfide) groups is 1. The maximum absolute atomic E-state index is 12.2. The number of aromatic nitrogens is 3. The fraction of sp³-hybridized carbons (Fsp3) is 0.333. The Morgan fingerprint density at radius 2 is 2.32 bits per heavy atom. The third-order valence-corrected chi connectivity index (χ3v) is 3.66. The minimum atomic E-state index is -0.203. The molecule has 1 amide bonds. The molecule has 0 aliphatic rings. The number of nitrogens with zero attached hydrogens (tertiary/aromatic N) is 3. The zero-order chi connectivity index (χ0) is 13.7. The lowest BCUT2D eigenvalue weighted by Gasteiger charge is -2.08. The summed E-state index contributed by atoms with van der Waals surface area (Å²) in [6, 6.07) is 0. The lowest BCUT2D eigenvalue weighted by atomic mass is 10.1. The first-order chi connectivity index (χ1) is 9.24. The van der Waals surface area contributed by atoms with Crippen LogP contribution in [0.4, 0.5) is 5.13 Å². The van der Waals surface area contributed by atoms with Gasteiger partial charge < -0.3 is 0 Å². The third-order valence-electron chi connectivity index (χ3n) is 2.41. The van der Waals surface area contributed by atoms with Gasteiger partial charge in [-0.2, -0.15) is 0 Å². The maximum atomic E-state index is 12.2. The van der Waals surface area contributed by atoms with E-state index in [1.807, 2.05) is 11.6 Å². The fourth-order valence-corrected chi connectivity index (χ4v) is 2.45. The zero-order valence-corrected chi connectivity index (χ0v) is 12.3. The molecule has 19 heavy (non-hydrogen) atoms. The number of rotatable bonds is 5. The largest absolute Gasteiger partial charge is 0.298 e. The summed E-state index contributed by atoms with van der Waals surface area (Å²) in [4.78, 5) is 24.8. The minimum absolute atomic E-state index is 0.203. The Morgan fingerprint density at radius 3 is 2.95 bits per heavy atom. The summed E-state index contributed by atoms with van der Waals surface area (Å²) in [5.74, 6) is -0.203. The van der Waals surface area contributed by atoms with E-state index >= 15 is 0 Å². The highest BCUT2D eigenvalue weighted by atomic mass is 32.2. The van der Waals surface area contributed by atoms with Crippen LogP contribution < -0.4 is 5.32 Å². The monoisotopic (exact) mass is 294 g/mol. The Labute approximate surface area is 119 Å². The van der Waals surface area contributed by atoms with Crippen LogP contribution in [0.3, 0.4) is 0 Å². The lowest BCUT2D eigenvalue weighted by Crippen LogP contribution is -2.16. The van der Waals surface area contributed by atoms with Crippen molar-refractivity contribution in [1.29, 1.82) is 0 Å². The highest BCUT2D eigenvalue weighted by Gasteiger charge is 2.15. The molecule has 1 N–H and O–H groups in total. The molecule has 0 saturated carbocycles.